The highest BCUT2D eigenvalue weighted by Crippen LogP contribution is 2.33. The molecule has 1 fully saturated rings. The van der Waals surface area contributed by atoms with Gasteiger partial charge in [0.2, 0.25) is 5.60 Å². The Morgan fingerprint density at radius 1 is 1.45 bits per heavy atom. The second kappa shape index (κ2) is 4.67. The zero-order valence-corrected chi connectivity index (χ0v) is 11.1. The van der Waals surface area contributed by atoms with Gasteiger partial charge in [-0.2, -0.15) is 0 Å². The quantitative estimate of drug-likeness (QED) is 0.868. The number of fused-ring (bicyclic) bond motifs is 1. The summed E-state index contributed by atoms with van der Waals surface area (Å²) in [5.74, 6) is -0.844. The monoisotopic (exact) mass is 273 g/mol. The number of aromatic amines is 1. The second-order valence-electron chi connectivity index (χ2n) is 5.00. The van der Waals surface area contributed by atoms with Crippen molar-refractivity contribution in [3.05, 3.63) is 36.0 Å². The van der Waals surface area contributed by atoms with Gasteiger partial charge in [-0.25, -0.2) is 4.79 Å². The van der Waals surface area contributed by atoms with Crippen LogP contribution in [0.2, 0.25) is 0 Å². The number of para-hydroxylation sites is 1. The molecule has 5 nitrogen and oxygen atoms in total. The number of esters is 2. The maximum absolute atomic E-state index is 12.0. The molecular formula is C15H15NO4. The third-order valence-electron chi connectivity index (χ3n) is 3.75. The maximum atomic E-state index is 12.0. The summed E-state index contributed by atoms with van der Waals surface area (Å²) >= 11 is 0. The van der Waals surface area contributed by atoms with Crippen LogP contribution in [0.3, 0.4) is 0 Å². The van der Waals surface area contributed by atoms with Crippen LogP contribution in [0.5, 0.6) is 0 Å². The summed E-state index contributed by atoms with van der Waals surface area (Å²) in [6.07, 6.45) is 2.78. The van der Waals surface area contributed by atoms with Crippen LogP contribution in [0.4, 0.5) is 0 Å². The molecule has 2 aromatic rings. The van der Waals surface area contributed by atoms with Crippen molar-refractivity contribution in [3.63, 3.8) is 0 Å². The molecule has 5 heteroatoms. The van der Waals surface area contributed by atoms with Gasteiger partial charge in [0.15, 0.2) is 0 Å². The molecule has 1 aromatic carbocycles. The fourth-order valence-corrected chi connectivity index (χ4v) is 2.74. The number of carbonyl (C=O) groups is 2. The van der Waals surface area contributed by atoms with E-state index in [9.17, 15) is 9.59 Å². The van der Waals surface area contributed by atoms with E-state index in [2.05, 4.69) is 4.98 Å². The zero-order valence-electron chi connectivity index (χ0n) is 11.1. The first-order chi connectivity index (χ1) is 9.64. The lowest BCUT2D eigenvalue weighted by molar-refractivity contribution is -0.172. The van der Waals surface area contributed by atoms with Crippen molar-refractivity contribution in [2.45, 2.75) is 24.9 Å². The summed E-state index contributed by atoms with van der Waals surface area (Å²) < 4.78 is 10.1. The van der Waals surface area contributed by atoms with Crippen LogP contribution in [0.15, 0.2) is 30.5 Å². The van der Waals surface area contributed by atoms with Crippen LogP contribution in [0.25, 0.3) is 10.9 Å². The third-order valence-corrected chi connectivity index (χ3v) is 3.75. The first-order valence-electron chi connectivity index (χ1n) is 6.50. The van der Waals surface area contributed by atoms with E-state index < -0.39 is 11.6 Å². The van der Waals surface area contributed by atoms with E-state index in [4.69, 9.17) is 9.47 Å². The average Bonchev–Trinajstić information content (AvgIpc) is 3.04. The van der Waals surface area contributed by atoms with Crippen LogP contribution in [0, 0.1) is 0 Å². The van der Waals surface area contributed by atoms with Crippen molar-refractivity contribution in [2.24, 2.45) is 0 Å². The highest BCUT2D eigenvalue weighted by Gasteiger charge is 2.48. The number of ether oxygens (including phenoxy) is 2. The number of cyclic esters (lactones) is 1. The molecule has 1 aliphatic rings. The van der Waals surface area contributed by atoms with E-state index in [-0.39, 0.29) is 12.4 Å². The van der Waals surface area contributed by atoms with Crippen LogP contribution >= 0.6 is 0 Å². The predicted octanol–water partition coefficient (Wildman–Crippen LogP) is 1.96. The molecule has 1 N–H and O–H groups in total. The second-order valence-corrected chi connectivity index (χ2v) is 5.00. The molecule has 20 heavy (non-hydrogen) atoms. The molecule has 104 valence electrons. The third kappa shape index (κ3) is 1.95. The van der Waals surface area contributed by atoms with Crippen molar-refractivity contribution in [3.8, 4) is 0 Å². The Kier molecular flexibility index (Phi) is 2.97. The molecule has 1 aliphatic heterocycles. The van der Waals surface area contributed by atoms with Gasteiger partial charge in [0.1, 0.15) is 0 Å². The van der Waals surface area contributed by atoms with Gasteiger partial charge in [0.25, 0.3) is 0 Å². The van der Waals surface area contributed by atoms with Crippen LogP contribution < -0.4 is 0 Å². The van der Waals surface area contributed by atoms with Crippen molar-refractivity contribution in [2.75, 3.05) is 7.11 Å². The largest absolute Gasteiger partial charge is 0.466 e. The fraction of sp³-hybridized carbons (Fsp3) is 0.333. The van der Waals surface area contributed by atoms with E-state index in [0.29, 0.717) is 12.8 Å². The smallest absolute Gasteiger partial charge is 0.350 e. The molecule has 0 radical (unpaired) electrons. The summed E-state index contributed by atoms with van der Waals surface area (Å²) in [7, 11) is 1.31. The van der Waals surface area contributed by atoms with Crippen molar-refractivity contribution < 1.29 is 19.1 Å². The molecule has 1 atom stereocenters. The van der Waals surface area contributed by atoms with Crippen LogP contribution in [-0.2, 0) is 25.5 Å². The Labute approximate surface area is 115 Å². The molecule has 1 aromatic heterocycles. The molecule has 0 aliphatic carbocycles. The molecule has 3 rings (SSSR count). The van der Waals surface area contributed by atoms with Crippen molar-refractivity contribution in [1.82, 2.24) is 4.98 Å². The Balaban J connectivity index is 1.98. The fourth-order valence-electron chi connectivity index (χ4n) is 2.74. The summed E-state index contributed by atoms with van der Waals surface area (Å²) in [5, 5.41) is 1.03. The van der Waals surface area contributed by atoms with Crippen LogP contribution in [0.1, 0.15) is 18.4 Å². The Hall–Kier alpha value is -2.30. The number of rotatable bonds is 3. The van der Waals surface area contributed by atoms with E-state index in [0.717, 1.165) is 16.5 Å². The minimum Gasteiger partial charge on any atom is -0.466 e. The molecule has 0 amide bonds. The van der Waals surface area contributed by atoms with Gasteiger partial charge in [-0.15, -0.1) is 0 Å². The Morgan fingerprint density at radius 2 is 2.25 bits per heavy atom. The molecule has 0 bridgehead atoms. The normalized spacial score (nSPS) is 21.9. The number of aromatic nitrogens is 1. The lowest BCUT2D eigenvalue weighted by Gasteiger charge is -2.24. The molecule has 0 spiro atoms. The van der Waals surface area contributed by atoms with Crippen molar-refractivity contribution >= 4 is 22.8 Å². The van der Waals surface area contributed by atoms with Gasteiger partial charge in [-0.3, -0.25) is 4.79 Å². The zero-order chi connectivity index (χ0) is 14.2. The van der Waals surface area contributed by atoms with Gasteiger partial charge < -0.3 is 14.5 Å². The molecule has 1 saturated heterocycles. The minimum atomic E-state index is -1.18. The number of hydrogen-bond acceptors (Lipinski definition) is 4. The number of H-pyrrole nitrogens is 1. The summed E-state index contributed by atoms with van der Waals surface area (Å²) in [5.41, 5.74) is 0.754. The Bertz CT molecular complexity index is 675. The van der Waals surface area contributed by atoms with Crippen LogP contribution in [-0.4, -0.2) is 29.6 Å². The average molecular weight is 273 g/mol. The van der Waals surface area contributed by atoms with E-state index in [1.165, 1.54) is 7.11 Å². The number of nitrogens with one attached hydrogen (secondary N) is 1. The summed E-state index contributed by atoms with van der Waals surface area (Å²) in [6.45, 7) is 0. The summed E-state index contributed by atoms with van der Waals surface area (Å²) in [4.78, 5) is 26.6. The Morgan fingerprint density at radius 3 is 2.95 bits per heavy atom. The van der Waals surface area contributed by atoms with E-state index >= 15 is 0 Å². The van der Waals surface area contributed by atoms with E-state index in [1.54, 1.807) is 0 Å². The number of carbonyl (C=O) groups excluding carboxylic acids is 2. The number of methoxy groups -OCH3 is 1. The predicted molar refractivity (Wildman–Crippen MR) is 72.1 cm³/mol. The van der Waals surface area contributed by atoms with Gasteiger partial charge in [0, 0.05) is 36.4 Å². The highest BCUT2D eigenvalue weighted by atomic mass is 16.6. The van der Waals surface area contributed by atoms with Gasteiger partial charge in [-0.1, -0.05) is 18.2 Å². The highest BCUT2D eigenvalue weighted by molar-refractivity contribution is 5.89. The first-order valence-corrected chi connectivity index (χ1v) is 6.50. The molecule has 0 saturated carbocycles. The van der Waals surface area contributed by atoms with Gasteiger partial charge >= 0.3 is 11.9 Å². The number of hydrogen-bond donors (Lipinski definition) is 1. The maximum Gasteiger partial charge on any atom is 0.350 e. The standard InChI is InChI=1S/C15H15NO4/c1-19-14(18)15(7-6-13(17)20-15)8-10-9-16-12-5-3-2-4-11(10)12/h2-5,9,16H,6-8H2,1H3. The molecular weight excluding hydrogens is 258 g/mol. The lowest BCUT2D eigenvalue weighted by Crippen LogP contribution is -2.41. The topological polar surface area (TPSA) is 68.4 Å². The first kappa shape index (κ1) is 12.7. The molecule has 2 heterocycles. The lowest BCUT2D eigenvalue weighted by atomic mass is 9.91. The van der Waals surface area contributed by atoms with E-state index in [1.807, 2.05) is 30.5 Å². The summed E-state index contributed by atoms with van der Waals surface area (Å²) in [6, 6.07) is 7.81. The molecule has 1 unspecified atom stereocenters. The van der Waals surface area contributed by atoms with Crippen molar-refractivity contribution in [1.29, 1.82) is 0 Å². The SMILES string of the molecule is COC(=O)C1(Cc2c[nH]c3ccccc23)CCC(=O)O1. The van der Waals surface area contributed by atoms with Gasteiger partial charge in [0.05, 0.1) is 7.11 Å². The minimum absolute atomic E-state index is 0.247. The van der Waals surface area contributed by atoms with Gasteiger partial charge in [-0.05, 0) is 11.6 Å². The number of benzene rings is 1.